The molecule has 5 heteroatoms. The fourth-order valence-electron chi connectivity index (χ4n) is 1.95. The van der Waals surface area contributed by atoms with Crippen LogP contribution < -0.4 is 0 Å². The Morgan fingerprint density at radius 3 is 2.86 bits per heavy atom. The second-order valence-electron chi connectivity index (χ2n) is 4.58. The quantitative estimate of drug-likeness (QED) is 0.789. The first-order chi connectivity index (χ1) is 10.7. The summed E-state index contributed by atoms with van der Waals surface area (Å²) in [5.74, 6) is -0.936. The van der Waals surface area contributed by atoms with E-state index in [2.05, 4.69) is 9.97 Å². The lowest BCUT2D eigenvalue weighted by molar-refractivity contribution is 0.0697. The molecule has 2 aromatic heterocycles. The van der Waals surface area contributed by atoms with Gasteiger partial charge in [0.25, 0.3) is 0 Å². The van der Waals surface area contributed by atoms with Crippen molar-refractivity contribution in [2.75, 3.05) is 0 Å². The van der Waals surface area contributed by atoms with E-state index in [-0.39, 0.29) is 5.56 Å². The van der Waals surface area contributed by atoms with Crippen LogP contribution in [0.15, 0.2) is 54.2 Å². The van der Waals surface area contributed by atoms with E-state index >= 15 is 0 Å². The van der Waals surface area contributed by atoms with Gasteiger partial charge in [-0.1, -0.05) is 24.3 Å². The minimum absolute atomic E-state index is 0.262. The van der Waals surface area contributed by atoms with Crippen LogP contribution in [-0.2, 0) is 0 Å². The van der Waals surface area contributed by atoms with Crippen molar-refractivity contribution in [3.63, 3.8) is 0 Å². The minimum atomic E-state index is -0.936. The maximum absolute atomic E-state index is 11.0. The first kappa shape index (κ1) is 14.2. The smallest absolute Gasteiger partial charge is 0.335 e. The van der Waals surface area contributed by atoms with Gasteiger partial charge in [0.15, 0.2) is 0 Å². The van der Waals surface area contributed by atoms with Crippen LogP contribution in [0.3, 0.4) is 0 Å². The molecule has 1 N–H and O–H groups in total. The van der Waals surface area contributed by atoms with Crippen LogP contribution >= 0.6 is 11.3 Å². The van der Waals surface area contributed by atoms with E-state index in [9.17, 15) is 4.79 Å². The molecule has 2 heterocycles. The molecular weight excluding hydrogens is 296 g/mol. The molecule has 0 saturated carbocycles. The molecule has 0 aliphatic heterocycles. The van der Waals surface area contributed by atoms with Crippen LogP contribution in [0.2, 0.25) is 0 Å². The molecule has 0 radical (unpaired) electrons. The maximum Gasteiger partial charge on any atom is 0.335 e. The Kier molecular flexibility index (Phi) is 4.07. The van der Waals surface area contributed by atoms with Gasteiger partial charge in [0, 0.05) is 23.3 Å². The van der Waals surface area contributed by atoms with Crippen molar-refractivity contribution in [1.82, 2.24) is 9.97 Å². The monoisotopic (exact) mass is 308 g/mol. The summed E-state index contributed by atoms with van der Waals surface area (Å²) < 4.78 is 0. The lowest BCUT2D eigenvalue weighted by atomic mass is 10.1. The zero-order chi connectivity index (χ0) is 15.4. The molecule has 3 rings (SSSR count). The topological polar surface area (TPSA) is 63.1 Å². The number of hydrogen-bond donors (Lipinski definition) is 1. The third-order valence-corrected chi connectivity index (χ3v) is 3.84. The van der Waals surface area contributed by atoms with E-state index in [1.807, 2.05) is 35.7 Å². The molecule has 22 heavy (non-hydrogen) atoms. The largest absolute Gasteiger partial charge is 0.478 e. The third-order valence-electron chi connectivity index (χ3n) is 3.03. The molecule has 0 aliphatic carbocycles. The van der Waals surface area contributed by atoms with E-state index < -0.39 is 5.97 Å². The number of benzene rings is 1. The number of rotatable bonds is 4. The minimum Gasteiger partial charge on any atom is -0.478 e. The molecule has 1 aromatic carbocycles. The summed E-state index contributed by atoms with van der Waals surface area (Å²) in [5, 5.41) is 11.8. The zero-order valence-electron chi connectivity index (χ0n) is 11.5. The summed E-state index contributed by atoms with van der Waals surface area (Å²) in [5.41, 5.74) is 2.85. The molecule has 0 bridgehead atoms. The highest BCUT2D eigenvalue weighted by atomic mass is 32.1. The number of carboxylic acid groups (broad SMARTS) is 1. The zero-order valence-corrected chi connectivity index (χ0v) is 12.3. The van der Waals surface area contributed by atoms with Crippen molar-refractivity contribution < 1.29 is 9.90 Å². The molecule has 0 amide bonds. The molecule has 4 nitrogen and oxygen atoms in total. The Labute approximate surface area is 131 Å². The normalized spacial score (nSPS) is 10.9. The predicted molar refractivity (Wildman–Crippen MR) is 87.7 cm³/mol. The standard InChI is InChI=1S/C17H12N2O2S/c20-17(21)14-5-1-4-13(9-14)15-11-22-16(19-15)7-6-12-3-2-8-18-10-12/h1-11H,(H,20,21)/b7-6-. The molecule has 0 fully saturated rings. The molecule has 0 saturated heterocycles. The highest BCUT2D eigenvalue weighted by Gasteiger charge is 2.07. The van der Waals surface area contributed by atoms with E-state index in [0.717, 1.165) is 21.8 Å². The lowest BCUT2D eigenvalue weighted by Gasteiger charge is -1.98. The Morgan fingerprint density at radius 1 is 1.18 bits per heavy atom. The van der Waals surface area contributed by atoms with Crippen LogP contribution in [0.5, 0.6) is 0 Å². The molecule has 0 spiro atoms. The van der Waals surface area contributed by atoms with Crippen molar-refractivity contribution in [2.45, 2.75) is 0 Å². The number of aromatic nitrogens is 2. The van der Waals surface area contributed by atoms with Gasteiger partial charge in [-0.3, -0.25) is 4.98 Å². The average molecular weight is 308 g/mol. The fraction of sp³-hybridized carbons (Fsp3) is 0. The molecule has 108 valence electrons. The summed E-state index contributed by atoms with van der Waals surface area (Å²) in [6.07, 6.45) is 7.38. The van der Waals surface area contributed by atoms with Crippen LogP contribution in [0.4, 0.5) is 0 Å². The third kappa shape index (κ3) is 3.27. The Morgan fingerprint density at radius 2 is 2.09 bits per heavy atom. The van der Waals surface area contributed by atoms with Gasteiger partial charge < -0.3 is 5.11 Å². The highest BCUT2D eigenvalue weighted by Crippen LogP contribution is 2.24. The van der Waals surface area contributed by atoms with E-state index in [1.165, 1.54) is 11.3 Å². The molecule has 0 aliphatic rings. The second-order valence-corrected chi connectivity index (χ2v) is 5.47. The van der Waals surface area contributed by atoms with Crippen molar-refractivity contribution >= 4 is 29.5 Å². The Balaban J connectivity index is 1.83. The van der Waals surface area contributed by atoms with E-state index in [0.29, 0.717) is 0 Å². The van der Waals surface area contributed by atoms with Crippen molar-refractivity contribution in [1.29, 1.82) is 0 Å². The average Bonchev–Trinajstić information content (AvgIpc) is 3.03. The van der Waals surface area contributed by atoms with Gasteiger partial charge in [0.05, 0.1) is 11.3 Å². The van der Waals surface area contributed by atoms with Crippen LogP contribution in [0, 0.1) is 0 Å². The lowest BCUT2D eigenvalue weighted by Crippen LogP contribution is -1.95. The maximum atomic E-state index is 11.0. The van der Waals surface area contributed by atoms with Gasteiger partial charge in [-0.2, -0.15) is 0 Å². The fourth-order valence-corrected chi connectivity index (χ4v) is 2.67. The second kappa shape index (κ2) is 6.32. The van der Waals surface area contributed by atoms with Gasteiger partial charge in [-0.15, -0.1) is 11.3 Å². The highest BCUT2D eigenvalue weighted by molar-refractivity contribution is 7.10. The van der Waals surface area contributed by atoms with Crippen LogP contribution in [0.25, 0.3) is 23.4 Å². The van der Waals surface area contributed by atoms with Gasteiger partial charge in [-0.25, -0.2) is 9.78 Å². The summed E-state index contributed by atoms with van der Waals surface area (Å²) in [6.45, 7) is 0. The Bertz CT molecular complexity index is 825. The first-order valence-electron chi connectivity index (χ1n) is 6.60. The van der Waals surface area contributed by atoms with Gasteiger partial charge in [0.2, 0.25) is 0 Å². The molecule has 0 unspecified atom stereocenters. The van der Waals surface area contributed by atoms with Crippen LogP contribution in [-0.4, -0.2) is 21.0 Å². The number of hydrogen-bond acceptors (Lipinski definition) is 4. The van der Waals surface area contributed by atoms with E-state index in [4.69, 9.17) is 5.11 Å². The predicted octanol–water partition coefficient (Wildman–Crippen LogP) is 4.07. The summed E-state index contributed by atoms with van der Waals surface area (Å²) in [6, 6.07) is 10.6. The van der Waals surface area contributed by atoms with Gasteiger partial charge in [-0.05, 0) is 29.8 Å². The summed E-state index contributed by atoms with van der Waals surface area (Å²) >= 11 is 1.51. The number of nitrogens with zero attached hydrogens (tertiary/aromatic N) is 2. The van der Waals surface area contributed by atoms with Crippen molar-refractivity contribution in [2.24, 2.45) is 0 Å². The number of carboxylic acids is 1. The van der Waals surface area contributed by atoms with Crippen molar-refractivity contribution in [3.8, 4) is 11.3 Å². The van der Waals surface area contributed by atoms with Gasteiger partial charge >= 0.3 is 5.97 Å². The van der Waals surface area contributed by atoms with Crippen molar-refractivity contribution in [3.05, 3.63) is 70.3 Å². The number of aromatic carboxylic acids is 1. The van der Waals surface area contributed by atoms with Gasteiger partial charge in [0.1, 0.15) is 5.01 Å². The van der Waals surface area contributed by atoms with Crippen LogP contribution in [0.1, 0.15) is 20.9 Å². The molecule has 0 atom stereocenters. The number of carbonyl (C=O) groups is 1. The number of thiazole rings is 1. The summed E-state index contributed by atoms with van der Waals surface area (Å²) in [7, 11) is 0. The Hall–Kier alpha value is -2.79. The van der Waals surface area contributed by atoms with E-state index in [1.54, 1.807) is 30.6 Å². The molecular formula is C17H12N2O2S. The number of pyridine rings is 1. The first-order valence-corrected chi connectivity index (χ1v) is 7.48. The summed E-state index contributed by atoms with van der Waals surface area (Å²) in [4.78, 5) is 19.6. The molecule has 3 aromatic rings. The SMILES string of the molecule is O=C(O)c1cccc(-c2csc(/C=C\c3cccnc3)n2)c1.